The van der Waals surface area contributed by atoms with Gasteiger partial charge in [0.1, 0.15) is 0 Å². The molecule has 0 aromatic heterocycles. The highest BCUT2D eigenvalue weighted by atomic mass is 16.7. The fourth-order valence-corrected chi connectivity index (χ4v) is 1.02. The number of carbonyl (C=O) groups is 2. The van der Waals surface area contributed by atoms with Gasteiger partial charge >= 0.3 is 11.9 Å². The van der Waals surface area contributed by atoms with Crippen molar-refractivity contribution in [1.82, 2.24) is 0 Å². The molecule has 0 aromatic rings. The molecule has 5 nitrogen and oxygen atoms in total. The maximum Gasteiger partial charge on any atom is 0.339 e. The maximum atomic E-state index is 11.2. The van der Waals surface area contributed by atoms with E-state index in [2.05, 4.69) is 4.74 Å². The molecular weight excluding hydrogens is 188 g/mol. The van der Waals surface area contributed by atoms with Crippen LogP contribution >= 0.6 is 0 Å². The Morgan fingerprint density at radius 1 is 1.64 bits per heavy atom. The van der Waals surface area contributed by atoms with Gasteiger partial charge < -0.3 is 14.2 Å². The van der Waals surface area contributed by atoms with Crippen molar-refractivity contribution in [3.63, 3.8) is 0 Å². The molecule has 1 saturated heterocycles. The zero-order valence-corrected chi connectivity index (χ0v) is 8.11. The molecule has 0 aromatic carbocycles. The summed E-state index contributed by atoms with van der Waals surface area (Å²) in [5, 5.41) is 0. The van der Waals surface area contributed by atoms with E-state index in [1.807, 2.05) is 0 Å². The molecule has 0 amide bonds. The van der Waals surface area contributed by atoms with Gasteiger partial charge in [0.25, 0.3) is 0 Å². The summed E-state index contributed by atoms with van der Waals surface area (Å²) in [6, 6.07) is 0. The topological polar surface area (TPSA) is 61.8 Å². The third-order valence-corrected chi connectivity index (χ3v) is 1.70. The van der Waals surface area contributed by atoms with Crippen molar-refractivity contribution in [2.45, 2.75) is 26.1 Å². The summed E-state index contributed by atoms with van der Waals surface area (Å²) in [6.45, 7) is 1.56. The molecule has 0 spiro atoms. The van der Waals surface area contributed by atoms with Crippen LogP contribution in [-0.2, 0) is 23.8 Å². The van der Waals surface area contributed by atoms with E-state index in [1.165, 1.54) is 13.4 Å². The molecule has 1 aliphatic rings. The Balaban J connectivity index is 2.41. The Kier molecular flexibility index (Phi) is 3.50. The summed E-state index contributed by atoms with van der Waals surface area (Å²) in [7, 11) is 1.44. The van der Waals surface area contributed by atoms with Crippen LogP contribution in [0.2, 0.25) is 0 Å². The van der Waals surface area contributed by atoms with Crippen molar-refractivity contribution in [1.29, 1.82) is 0 Å². The zero-order chi connectivity index (χ0) is 10.6. The van der Waals surface area contributed by atoms with Crippen molar-refractivity contribution >= 4 is 11.9 Å². The molecule has 0 bridgehead atoms. The Hall–Kier alpha value is -1.52. The first-order chi connectivity index (χ1) is 6.63. The maximum absolute atomic E-state index is 11.2. The molecule has 0 N–H and O–H groups in total. The van der Waals surface area contributed by atoms with Crippen LogP contribution in [0.5, 0.6) is 0 Å². The van der Waals surface area contributed by atoms with Crippen molar-refractivity contribution in [2.24, 2.45) is 0 Å². The lowest BCUT2D eigenvalue weighted by molar-refractivity contribution is -0.173. The Bertz CT molecular complexity index is 268. The molecule has 1 fully saturated rings. The molecule has 1 heterocycles. The van der Waals surface area contributed by atoms with Crippen LogP contribution in [0.25, 0.3) is 0 Å². The number of carbonyl (C=O) groups excluding carboxylic acids is 2. The van der Waals surface area contributed by atoms with Gasteiger partial charge in [-0.05, 0) is 6.92 Å². The summed E-state index contributed by atoms with van der Waals surface area (Å²) in [6.07, 6.45) is 1.25. The van der Waals surface area contributed by atoms with Crippen LogP contribution in [0, 0.1) is 0 Å². The lowest BCUT2D eigenvalue weighted by Gasteiger charge is -2.10. The predicted molar refractivity (Wildman–Crippen MR) is 46.0 cm³/mol. The monoisotopic (exact) mass is 200 g/mol. The third kappa shape index (κ3) is 2.76. The molecule has 1 unspecified atom stereocenters. The number of esters is 2. The fourth-order valence-electron chi connectivity index (χ4n) is 1.02. The standard InChI is InChI=1S/C9H12O5/c1-6(5-12-2)9(11)14-8-4-3-7(10)13-8/h5,8H,3-4H2,1-2H3. The van der Waals surface area contributed by atoms with Crippen LogP contribution < -0.4 is 0 Å². The molecule has 5 heteroatoms. The number of ether oxygens (including phenoxy) is 3. The first-order valence-corrected chi connectivity index (χ1v) is 4.23. The van der Waals surface area contributed by atoms with E-state index in [0.717, 1.165) is 0 Å². The largest absolute Gasteiger partial charge is 0.504 e. The van der Waals surface area contributed by atoms with E-state index >= 15 is 0 Å². The number of hydrogen-bond acceptors (Lipinski definition) is 5. The van der Waals surface area contributed by atoms with Crippen molar-refractivity contribution in [3.8, 4) is 0 Å². The lowest BCUT2D eigenvalue weighted by Crippen LogP contribution is -2.18. The van der Waals surface area contributed by atoms with Gasteiger partial charge in [0, 0.05) is 6.42 Å². The second-order valence-electron chi connectivity index (χ2n) is 2.90. The molecule has 0 radical (unpaired) electrons. The average molecular weight is 200 g/mol. The molecule has 1 atom stereocenters. The molecule has 14 heavy (non-hydrogen) atoms. The molecular formula is C9H12O5. The van der Waals surface area contributed by atoms with E-state index in [4.69, 9.17) is 9.47 Å². The summed E-state index contributed by atoms with van der Waals surface area (Å²) < 4.78 is 14.2. The highest BCUT2D eigenvalue weighted by molar-refractivity contribution is 5.87. The third-order valence-electron chi connectivity index (χ3n) is 1.70. The Morgan fingerprint density at radius 3 is 2.86 bits per heavy atom. The fraction of sp³-hybridized carbons (Fsp3) is 0.556. The van der Waals surface area contributed by atoms with Crippen molar-refractivity contribution in [3.05, 3.63) is 11.8 Å². The van der Waals surface area contributed by atoms with Crippen molar-refractivity contribution in [2.75, 3.05) is 7.11 Å². The number of hydrogen-bond donors (Lipinski definition) is 0. The quantitative estimate of drug-likeness (QED) is 0.382. The Morgan fingerprint density at radius 2 is 2.36 bits per heavy atom. The van der Waals surface area contributed by atoms with Gasteiger partial charge in [0.15, 0.2) is 0 Å². The summed E-state index contributed by atoms with van der Waals surface area (Å²) >= 11 is 0. The number of cyclic esters (lactones) is 1. The summed E-state index contributed by atoms with van der Waals surface area (Å²) in [5.74, 6) is -0.872. The highest BCUT2D eigenvalue weighted by Crippen LogP contribution is 2.16. The SMILES string of the molecule is COC=C(C)C(=O)OC1CCC(=O)O1. The first kappa shape index (κ1) is 10.6. The van der Waals surface area contributed by atoms with Crippen LogP contribution in [0.3, 0.4) is 0 Å². The van der Waals surface area contributed by atoms with Gasteiger partial charge in [-0.2, -0.15) is 0 Å². The van der Waals surface area contributed by atoms with Crippen LogP contribution in [-0.4, -0.2) is 25.3 Å². The minimum Gasteiger partial charge on any atom is -0.504 e. The zero-order valence-electron chi connectivity index (χ0n) is 8.11. The highest BCUT2D eigenvalue weighted by Gasteiger charge is 2.26. The molecule has 78 valence electrons. The van der Waals surface area contributed by atoms with Gasteiger partial charge in [-0.1, -0.05) is 0 Å². The normalized spacial score (nSPS) is 21.7. The Labute approximate surface area is 81.6 Å². The molecule has 0 saturated carbocycles. The van der Waals surface area contributed by atoms with Crippen LogP contribution in [0.1, 0.15) is 19.8 Å². The van der Waals surface area contributed by atoms with Gasteiger partial charge in [0.2, 0.25) is 6.29 Å². The number of methoxy groups -OCH3 is 1. The second kappa shape index (κ2) is 4.64. The van der Waals surface area contributed by atoms with Gasteiger partial charge in [0.05, 0.1) is 25.4 Å². The van der Waals surface area contributed by atoms with E-state index in [9.17, 15) is 9.59 Å². The molecule has 1 rings (SSSR count). The number of rotatable bonds is 3. The summed E-state index contributed by atoms with van der Waals surface area (Å²) in [5.41, 5.74) is 0.329. The minimum absolute atomic E-state index is 0.297. The van der Waals surface area contributed by atoms with Crippen LogP contribution in [0.4, 0.5) is 0 Å². The van der Waals surface area contributed by atoms with E-state index in [-0.39, 0.29) is 5.97 Å². The molecule has 1 aliphatic heterocycles. The van der Waals surface area contributed by atoms with Gasteiger partial charge in [-0.25, -0.2) is 4.79 Å². The van der Waals surface area contributed by atoms with E-state index in [0.29, 0.717) is 18.4 Å². The minimum atomic E-state index is -0.741. The first-order valence-electron chi connectivity index (χ1n) is 4.23. The van der Waals surface area contributed by atoms with E-state index in [1.54, 1.807) is 6.92 Å². The van der Waals surface area contributed by atoms with Crippen LogP contribution in [0.15, 0.2) is 11.8 Å². The smallest absolute Gasteiger partial charge is 0.339 e. The second-order valence-corrected chi connectivity index (χ2v) is 2.90. The predicted octanol–water partition coefficient (Wildman–Crippen LogP) is 0.743. The van der Waals surface area contributed by atoms with Gasteiger partial charge in [-0.15, -0.1) is 0 Å². The summed E-state index contributed by atoms with van der Waals surface area (Å²) in [4.78, 5) is 21.9. The molecule has 0 aliphatic carbocycles. The van der Waals surface area contributed by atoms with E-state index < -0.39 is 12.3 Å². The van der Waals surface area contributed by atoms with Gasteiger partial charge in [-0.3, -0.25) is 4.79 Å². The van der Waals surface area contributed by atoms with Crippen molar-refractivity contribution < 1.29 is 23.8 Å². The average Bonchev–Trinajstić information content (AvgIpc) is 2.51. The lowest BCUT2D eigenvalue weighted by atomic mass is 10.3.